The highest BCUT2D eigenvalue weighted by molar-refractivity contribution is 7.12. The fraction of sp³-hybridized carbons (Fsp3) is 0.111. The van der Waals surface area contributed by atoms with Crippen molar-refractivity contribution in [3.05, 3.63) is 58.5 Å². The maximum atomic E-state index is 12.5. The molecule has 0 bridgehead atoms. The van der Waals surface area contributed by atoms with E-state index in [1.807, 2.05) is 36.4 Å². The molecule has 0 unspecified atom stereocenters. The third-order valence-corrected chi connectivity index (χ3v) is 4.61. The lowest BCUT2D eigenvalue weighted by Crippen LogP contribution is -2.28. The molecule has 0 saturated heterocycles. The molecule has 1 amide bonds. The topological polar surface area (TPSA) is 82.8 Å². The van der Waals surface area contributed by atoms with Gasteiger partial charge >= 0.3 is 0 Å². The first kappa shape index (κ1) is 15.8. The van der Waals surface area contributed by atoms with Gasteiger partial charge in [0.25, 0.3) is 0 Å². The number of hydrogen-bond acceptors (Lipinski definition) is 5. The summed E-state index contributed by atoms with van der Waals surface area (Å²) in [5.74, 6) is -2.55. The first-order chi connectivity index (χ1) is 11.6. The van der Waals surface area contributed by atoms with E-state index in [1.165, 1.54) is 5.51 Å². The first-order valence-corrected chi connectivity index (χ1v) is 8.12. The van der Waals surface area contributed by atoms with E-state index in [4.69, 9.17) is 0 Å². The van der Waals surface area contributed by atoms with E-state index in [1.54, 1.807) is 19.1 Å². The summed E-state index contributed by atoms with van der Waals surface area (Å²) in [4.78, 5) is 29.2. The minimum absolute atomic E-state index is 0.342. The van der Waals surface area contributed by atoms with Gasteiger partial charge in [-0.1, -0.05) is 36.4 Å². The second-order valence-corrected chi connectivity index (χ2v) is 6.06. The van der Waals surface area contributed by atoms with Crippen LogP contribution in [0.25, 0.3) is 10.8 Å². The first-order valence-electron chi connectivity index (χ1n) is 7.24. The smallest absolute Gasteiger partial charge is 0.249 e. The van der Waals surface area contributed by atoms with Gasteiger partial charge in [0.05, 0.1) is 22.2 Å². The van der Waals surface area contributed by atoms with Crippen molar-refractivity contribution in [3.63, 3.8) is 0 Å². The van der Waals surface area contributed by atoms with Gasteiger partial charge in [-0.25, -0.2) is 4.98 Å². The largest absolute Gasteiger partial charge is 0.324 e. The van der Waals surface area contributed by atoms with Crippen LogP contribution in [0.3, 0.4) is 0 Å². The number of aryl methyl sites for hydroxylation is 1. The summed E-state index contributed by atoms with van der Waals surface area (Å²) in [5, 5.41) is 13.8. The number of anilines is 1. The maximum Gasteiger partial charge on any atom is 0.249 e. The molecule has 0 aliphatic rings. The number of rotatable bonds is 4. The monoisotopic (exact) mass is 335 g/mol. The van der Waals surface area contributed by atoms with Gasteiger partial charge in [-0.15, -0.1) is 11.3 Å². The van der Waals surface area contributed by atoms with Crippen molar-refractivity contribution >= 4 is 39.5 Å². The number of amides is 1. The van der Waals surface area contributed by atoms with Crippen LogP contribution >= 0.6 is 11.3 Å². The number of thiazole rings is 1. The van der Waals surface area contributed by atoms with Crippen molar-refractivity contribution in [3.8, 4) is 6.07 Å². The van der Waals surface area contributed by atoms with E-state index in [-0.39, 0.29) is 0 Å². The van der Waals surface area contributed by atoms with Gasteiger partial charge in [-0.2, -0.15) is 5.26 Å². The molecule has 0 radical (unpaired) electrons. The number of nitriles is 1. The molecule has 0 fully saturated rings. The molecular weight excluding hydrogens is 322 g/mol. The highest BCUT2D eigenvalue weighted by Crippen LogP contribution is 2.24. The van der Waals surface area contributed by atoms with Crippen LogP contribution in [0.4, 0.5) is 5.69 Å². The van der Waals surface area contributed by atoms with E-state index in [9.17, 15) is 14.9 Å². The van der Waals surface area contributed by atoms with E-state index in [0.717, 1.165) is 22.1 Å². The van der Waals surface area contributed by atoms with Crippen LogP contribution in [0.1, 0.15) is 15.4 Å². The summed E-state index contributed by atoms with van der Waals surface area (Å²) in [6, 6.07) is 14.9. The molecule has 2 aromatic carbocycles. The van der Waals surface area contributed by atoms with Crippen LogP contribution in [0, 0.1) is 24.2 Å². The Hall–Kier alpha value is -3.04. The highest BCUT2D eigenvalue weighted by Gasteiger charge is 2.30. The molecule has 24 heavy (non-hydrogen) atoms. The Bertz CT molecular complexity index is 966. The van der Waals surface area contributed by atoms with Gasteiger partial charge < -0.3 is 5.32 Å². The van der Waals surface area contributed by atoms with Crippen molar-refractivity contribution in [2.45, 2.75) is 6.92 Å². The average Bonchev–Trinajstić information content (AvgIpc) is 3.02. The van der Waals surface area contributed by atoms with E-state index >= 15 is 0 Å². The van der Waals surface area contributed by atoms with Gasteiger partial charge in [0, 0.05) is 11.1 Å². The Labute approximate surface area is 142 Å². The van der Waals surface area contributed by atoms with Gasteiger partial charge in [-0.05, 0) is 18.4 Å². The highest BCUT2D eigenvalue weighted by atomic mass is 32.1. The summed E-state index contributed by atoms with van der Waals surface area (Å²) in [6.45, 7) is 1.68. The number of fused-ring (bicyclic) bond motifs is 1. The van der Waals surface area contributed by atoms with Crippen LogP contribution in [0.5, 0.6) is 0 Å². The van der Waals surface area contributed by atoms with Crippen molar-refractivity contribution in [1.82, 2.24) is 4.98 Å². The Morgan fingerprint density at radius 1 is 1.21 bits per heavy atom. The van der Waals surface area contributed by atoms with Crippen LogP contribution in [-0.4, -0.2) is 16.7 Å². The summed E-state index contributed by atoms with van der Waals surface area (Å²) >= 11 is 1.14. The zero-order valence-corrected chi connectivity index (χ0v) is 13.6. The Balaban J connectivity index is 1.89. The minimum Gasteiger partial charge on any atom is -0.324 e. The van der Waals surface area contributed by atoms with Crippen molar-refractivity contribution < 1.29 is 9.59 Å². The lowest BCUT2D eigenvalue weighted by molar-refractivity contribution is -0.117. The summed E-state index contributed by atoms with van der Waals surface area (Å²) in [6.07, 6.45) is 0. The molecule has 118 valence electrons. The molecule has 5 nitrogen and oxygen atoms in total. The van der Waals surface area contributed by atoms with Gasteiger partial charge in [0.2, 0.25) is 11.7 Å². The number of Topliss-reactive ketones (excluding diaryl/α,β-unsaturated/α-hetero) is 1. The number of benzene rings is 2. The maximum absolute atomic E-state index is 12.5. The molecular formula is C18H13N3O2S. The predicted octanol–water partition coefficient (Wildman–Crippen LogP) is 3.57. The molecule has 0 aliphatic heterocycles. The van der Waals surface area contributed by atoms with E-state index in [0.29, 0.717) is 16.3 Å². The number of aromatic nitrogens is 1. The van der Waals surface area contributed by atoms with Crippen molar-refractivity contribution in [2.75, 3.05) is 5.32 Å². The SMILES string of the molecule is Cc1ncsc1C(=O)[C@@H](C#N)C(=O)Nc1cccc2ccccc12. The Morgan fingerprint density at radius 2 is 1.96 bits per heavy atom. The second kappa shape index (κ2) is 6.60. The standard InChI is InChI=1S/C18H13N3O2S/c1-11-17(24-10-20-11)16(22)14(9-19)18(23)21-15-8-4-6-12-5-2-3-7-13(12)15/h2-8,10,14H,1H3,(H,21,23)/t14-/m1/s1. The molecule has 1 N–H and O–H groups in total. The number of carbonyl (C=O) groups is 2. The molecule has 3 rings (SSSR count). The molecule has 1 heterocycles. The third kappa shape index (κ3) is 2.90. The van der Waals surface area contributed by atoms with Crippen LogP contribution in [0.2, 0.25) is 0 Å². The zero-order valence-electron chi connectivity index (χ0n) is 12.8. The molecule has 3 aromatic rings. The number of nitrogens with one attached hydrogen (secondary N) is 1. The van der Waals surface area contributed by atoms with Crippen molar-refractivity contribution in [1.29, 1.82) is 5.26 Å². The number of carbonyl (C=O) groups excluding carboxylic acids is 2. The quantitative estimate of drug-likeness (QED) is 0.583. The van der Waals surface area contributed by atoms with Gasteiger partial charge in [0.15, 0.2) is 5.92 Å². The average molecular weight is 335 g/mol. The van der Waals surface area contributed by atoms with Crippen molar-refractivity contribution in [2.24, 2.45) is 5.92 Å². The molecule has 0 aliphatic carbocycles. The molecule has 1 atom stereocenters. The molecule has 0 saturated carbocycles. The molecule has 1 aromatic heterocycles. The second-order valence-electron chi connectivity index (χ2n) is 5.21. The van der Waals surface area contributed by atoms with Crippen LogP contribution < -0.4 is 5.32 Å². The normalized spacial score (nSPS) is 11.7. The van der Waals surface area contributed by atoms with Gasteiger partial charge in [-0.3, -0.25) is 9.59 Å². The Morgan fingerprint density at radius 3 is 2.67 bits per heavy atom. The zero-order chi connectivity index (χ0) is 17.1. The van der Waals surface area contributed by atoms with E-state index < -0.39 is 17.6 Å². The summed E-state index contributed by atoms with van der Waals surface area (Å²) < 4.78 is 0. The summed E-state index contributed by atoms with van der Waals surface area (Å²) in [5.41, 5.74) is 2.63. The van der Waals surface area contributed by atoms with Crippen LogP contribution in [-0.2, 0) is 4.79 Å². The Kier molecular flexibility index (Phi) is 4.36. The fourth-order valence-electron chi connectivity index (χ4n) is 2.45. The lowest BCUT2D eigenvalue weighted by atomic mass is 10.0. The fourth-order valence-corrected chi connectivity index (χ4v) is 3.22. The minimum atomic E-state index is -1.40. The van der Waals surface area contributed by atoms with E-state index in [2.05, 4.69) is 10.3 Å². The van der Waals surface area contributed by atoms with Gasteiger partial charge in [0.1, 0.15) is 0 Å². The lowest BCUT2D eigenvalue weighted by Gasteiger charge is -2.11. The number of nitrogens with zero attached hydrogens (tertiary/aromatic N) is 2. The number of hydrogen-bond donors (Lipinski definition) is 1. The molecule has 0 spiro atoms. The number of ketones is 1. The van der Waals surface area contributed by atoms with Crippen LogP contribution in [0.15, 0.2) is 48.0 Å². The molecule has 6 heteroatoms. The third-order valence-electron chi connectivity index (χ3n) is 3.67. The predicted molar refractivity (Wildman–Crippen MR) is 92.9 cm³/mol. The summed E-state index contributed by atoms with van der Waals surface area (Å²) in [7, 11) is 0.